The van der Waals surface area contributed by atoms with Crippen LogP contribution >= 0.6 is 11.6 Å². The number of nitrogens with one attached hydrogen (secondary N) is 1. The Kier molecular flexibility index (Phi) is 6.43. The molecule has 0 amide bonds. The van der Waals surface area contributed by atoms with E-state index in [2.05, 4.69) is 28.7 Å². The molecule has 5 heteroatoms. The Morgan fingerprint density at radius 2 is 2.05 bits per heavy atom. The van der Waals surface area contributed by atoms with Crippen LogP contribution in [0.4, 0.5) is 0 Å². The van der Waals surface area contributed by atoms with Gasteiger partial charge in [-0.15, -0.1) is 0 Å². The summed E-state index contributed by atoms with van der Waals surface area (Å²) in [7, 11) is 0. The van der Waals surface area contributed by atoms with E-state index >= 15 is 0 Å². The molecule has 0 saturated heterocycles. The Morgan fingerprint density at radius 1 is 1.27 bits per heavy atom. The summed E-state index contributed by atoms with van der Waals surface area (Å²) in [5, 5.41) is 4.29. The van der Waals surface area contributed by atoms with Gasteiger partial charge < -0.3 is 14.6 Å². The lowest BCUT2D eigenvalue weighted by atomic mass is 10.1. The zero-order chi connectivity index (χ0) is 15.8. The van der Waals surface area contributed by atoms with E-state index in [4.69, 9.17) is 16.3 Å². The second-order valence-corrected chi connectivity index (χ2v) is 6.52. The van der Waals surface area contributed by atoms with E-state index in [0.29, 0.717) is 13.2 Å². The van der Waals surface area contributed by atoms with Crippen LogP contribution in [0.15, 0.2) is 43.0 Å². The number of benzene rings is 1. The molecular weight excluding hydrogens is 298 g/mol. The minimum Gasteiger partial charge on any atom is -0.375 e. The summed E-state index contributed by atoms with van der Waals surface area (Å²) in [4.78, 5) is 4.04. The van der Waals surface area contributed by atoms with Gasteiger partial charge >= 0.3 is 0 Å². The lowest BCUT2D eigenvalue weighted by molar-refractivity contribution is 0.0709. The molecule has 0 saturated carbocycles. The topological polar surface area (TPSA) is 39.1 Å². The van der Waals surface area contributed by atoms with Gasteiger partial charge in [-0.05, 0) is 44.5 Å². The Hall–Kier alpha value is -1.36. The zero-order valence-corrected chi connectivity index (χ0v) is 14.0. The lowest BCUT2D eigenvalue weighted by Crippen LogP contribution is -2.44. The molecule has 0 spiro atoms. The van der Waals surface area contributed by atoms with E-state index < -0.39 is 0 Å². The van der Waals surface area contributed by atoms with Gasteiger partial charge in [-0.3, -0.25) is 0 Å². The van der Waals surface area contributed by atoms with Gasteiger partial charge in [0, 0.05) is 29.5 Å². The average Bonchev–Trinajstić information content (AvgIpc) is 2.99. The van der Waals surface area contributed by atoms with Crippen molar-refractivity contribution in [3.8, 4) is 0 Å². The molecule has 2 aromatic rings. The maximum atomic E-state index is 5.87. The molecule has 0 aliphatic carbocycles. The molecular formula is C17H24ClN3O. The SMILES string of the molecule is CC(C)(COCc1ccc(Cl)cc1)NCCCn1ccnc1. The number of imidazole rings is 1. The standard InChI is InChI=1S/C17H24ClN3O/c1-17(2,20-8-3-10-21-11-9-19-14-21)13-22-12-15-4-6-16(18)7-5-15/h4-7,9,11,14,20H,3,8,10,12-13H2,1-2H3. The third kappa shape index (κ3) is 6.18. The predicted octanol–water partition coefficient (Wildman–Crippen LogP) is 3.51. The van der Waals surface area contributed by atoms with Crippen molar-refractivity contribution in [1.29, 1.82) is 0 Å². The summed E-state index contributed by atoms with van der Waals surface area (Å²) in [5.41, 5.74) is 1.10. The first-order valence-corrected chi connectivity index (χ1v) is 7.96. The van der Waals surface area contributed by atoms with E-state index in [1.165, 1.54) is 0 Å². The van der Waals surface area contributed by atoms with Crippen LogP contribution in [-0.4, -0.2) is 28.2 Å². The maximum absolute atomic E-state index is 5.87. The minimum absolute atomic E-state index is 0.0403. The van der Waals surface area contributed by atoms with Crippen molar-refractivity contribution < 1.29 is 4.74 Å². The van der Waals surface area contributed by atoms with Crippen LogP contribution in [0.3, 0.4) is 0 Å². The second-order valence-electron chi connectivity index (χ2n) is 6.08. The van der Waals surface area contributed by atoms with Gasteiger partial charge in [-0.25, -0.2) is 4.98 Å². The van der Waals surface area contributed by atoms with Crippen LogP contribution in [0.25, 0.3) is 0 Å². The fraction of sp³-hybridized carbons (Fsp3) is 0.471. The van der Waals surface area contributed by atoms with Gasteiger partial charge in [0.15, 0.2) is 0 Å². The molecule has 0 unspecified atom stereocenters. The summed E-state index contributed by atoms with van der Waals surface area (Å²) in [6, 6.07) is 7.77. The molecule has 0 fully saturated rings. The van der Waals surface area contributed by atoms with Gasteiger partial charge in [0.1, 0.15) is 0 Å². The molecule has 120 valence electrons. The summed E-state index contributed by atoms with van der Waals surface area (Å²) in [5.74, 6) is 0. The number of ether oxygens (including phenoxy) is 1. The number of hydrogen-bond acceptors (Lipinski definition) is 3. The molecule has 1 aromatic carbocycles. The highest BCUT2D eigenvalue weighted by Gasteiger charge is 2.16. The van der Waals surface area contributed by atoms with Crippen molar-refractivity contribution in [2.45, 2.75) is 39.0 Å². The van der Waals surface area contributed by atoms with E-state index in [-0.39, 0.29) is 5.54 Å². The number of aromatic nitrogens is 2. The number of nitrogens with zero attached hydrogens (tertiary/aromatic N) is 2. The molecule has 0 aliphatic heterocycles. The summed E-state index contributed by atoms with van der Waals surface area (Å²) in [6.07, 6.45) is 6.71. The Balaban J connectivity index is 1.61. The molecule has 0 aliphatic rings. The fourth-order valence-electron chi connectivity index (χ4n) is 2.16. The first-order valence-electron chi connectivity index (χ1n) is 7.58. The van der Waals surface area contributed by atoms with E-state index in [0.717, 1.165) is 30.1 Å². The van der Waals surface area contributed by atoms with Gasteiger partial charge in [-0.2, -0.15) is 0 Å². The molecule has 22 heavy (non-hydrogen) atoms. The van der Waals surface area contributed by atoms with Crippen molar-refractivity contribution >= 4 is 11.6 Å². The van der Waals surface area contributed by atoms with Crippen LogP contribution in [0, 0.1) is 0 Å². The van der Waals surface area contributed by atoms with E-state index in [9.17, 15) is 0 Å². The molecule has 4 nitrogen and oxygen atoms in total. The number of halogens is 1. The predicted molar refractivity (Wildman–Crippen MR) is 90.0 cm³/mol. The third-order valence-electron chi connectivity index (χ3n) is 3.40. The molecule has 2 rings (SSSR count). The van der Waals surface area contributed by atoms with E-state index in [1.54, 1.807) is 0 Å². The molecule has 1 heterocycles. The minimum atomic E-state index is -0.0403. The van der Waals surface area contributed by atoms with Crippen LogP contribution in [0.2, 0.25) is 5.02 Å². The highest BCUT2D eigenvalue weighted by atomic mass is 35.5. The summed E-state index contributed by atoms with van der Waals surface area (Å²) in [6.45, 7) is 7.53. The monoisotopic (exact) mass is 321 g/mol. The molecule has 1 aromatic heterocycles. The maximum Gasteiger partial charge on any atom is 0.0945 e. The summed E-state index contributed by atoms with van der Waals surface area (Å²) < 4.78 is 7.90. The normalized spacial score (nSPS) is 11.8. The average molecular weight is 322 g/mol. The van der Waals surface area contributed by atoms with Crippen LogP contribution in [0.5, 0.6) is 0 Å². The molecule has 0 atom stereocenters. The zero-order valence-electron chi connectivity index (χ0n) is 13.3. The number of hydrogen-bond donors (Lipinski definition) is 1. The van der Waals surface area contributed by atoms with Gasteiger partial charge in [-0.1, -0.05) is 23.7 Å². The molecule has 1 N–H and O–H groups in total. The van der Waals surface area contributed by atoms with Crippen molar-refractivity contribution in [3.63, 3.8) is 0 Å². The Labute approximate surface area is 137 Å². The Bertz CT molecular complexity index is 538. The number of aryl methyl sites for hydroxylation is 1. The first kappa shape index (κ1) is 17.0. The Morgan fingerprint density at radius 3 is 2.73 bits per heavy atom. The summed E-state index contributed by atoms with van der Waals surface area (Å²) >= 11 is 5.87. The third-order valence-corrected chi connectivity index (χ3v) is 3.65. The highest BCUT2D eigenvalue weighted by molar-refractivity contribution is 6.30. The first-order chi connectivity index (χ1) is 10.6. The largest absolute Gasteiger partial charge is 0.375 e. The van der Waals surface area contributed by atoms with Crippen molar-refractivity contribution in [2.24, 2.45) is 0 Å². The van der Waals surface area contributed by atoms with Crippen molar-refractivity contribution in [2.75, 3.05) is 13.2 Å². The number of rotatable bonds is 9. The second kappa shape index (κ2) is 8.32. The molecule has 0 radical (unpaired) electrons. The molecule has 0 bridgehead atoms. The lowest BCUT2D eigenvalue weighted by Gasteiger charge is -2.26. The smallest absolute Gasteiger partial charge is 0.0945 e. The van der Waals surface area contributed by atoms with Gasteiger partial charge in [0.2, 0.25) is 0 Å². The van der Waals surface area contributed by atoms with Gasteiger partial charge in [0.25, 0.3) is 0 Å². The van der Waals surface area contributed by atoms with Crippen LogP contribution in [-0.2, 0) is 17.9 Å². The van der Waals surface area contributed by atoms with Crippen molar-refractivity contribution in [1.82, 2.24) is 14.9 Å². The quantitative estimate of drug-likeness (QED) is 0.718. The van der Waals surface area contributed by atoms with Crippen LogP contribution in [0.1, 0.15) is 25.8 Å². The van der Waals surface area contributed by atoms with Gasteiger partial charge in [0.05, 0.1) is 19.5 Å². The van der Waals surface area contributed by atoms with Crippen LogP contribution < -0.4 is 5.32 Å². The fourth-order valence-corrected chi connectivity index (χ4v) is 2.29. The highest BCUT2D eigenvalue weighted by Crippen LogP contribution is 2.11. The van der Waals surface area contributed by atoms with Crippen molar-refractivity contribution in [3.05, 3.63) is 53.6 Å². The van der Waals surface area contributed by atoms with E-state index in [1.807, 2.05) is 43.0 Å².